The van der Waals surface area contributed by atoms with Gasteiger partial charge in [-0.2, -0.15) is 0 Å². The minimum absolute atomic E-state index is 0.0788. The molecule has 0 aliphatic rings. The minimum Gasteiger partial charge on any atom is -0.379 e. The average Bonchev–Trinajstić information content (AvgIpc) is 2.37. The van der Waals surface area contributed by atoms with Gasteiger partial charge in [-0.3, -0.25) is 4.79 Å². The van der Waals surface area contributed by atoms with Crippen molar-refractivity contribution in [2.75, 3.05) is 18.9 Å². The van der Waals surface area contributed by atoms with Crippen molar-refractivity contribution in [3.05, 3.63) is 29.8 Å². The Bertz CT molecular complexity index is 376. The molecule has 0 saturated carbocycles. The van der Waals surface area contributed by atoms with Gasteiger partial charge in [0.25, 0.3) is 0 Å². The van der Waals surface area contributed by atoms with Crippen LogP contribution in [0.1, 0.15) is 25.8 Å². The van der Waals surface area contributed by atoms with Crippen LogP contribution >= 0.6 is 11.8 Å². The summed E-state index contributed by atoms with van der Waals surface area (Å²) in [4.78, 5) is 12.7. The summed E-state index contributed by atoms with van der Waals surface area (Å²) in [5.41, 5.74) is 1.24. The van der Waals surface area contributed by atoms with Gasteiger partial charge in [0.15, 0.2) is 0 Å². The van der Waals surface area contributed by atoms with Crippen LogP contribution in [0.15, 0.2) is 29.2 Å². The molecule has 0 bridgehead atoms. The van der Waals surface area contributed by atoms with Crippen molar-refractivity contribution in [2.24, 2.45) is 0 Å². The highest BCUT2D eigenvalue weighted by Gasteiger charge is 2.02. The van der Waals surface area contributed by atoms with Crippen LogP contribution in [0, 0.1) is 6.92 Å². The molecule has 0 aliphatic heterocycles. The zero-order valence-electron chi connectivity index (χ0n) is 11.9. The maximum atomic E-state index is 11.6. The third-order valence-corrected chi connectivity index (χ3v) is 3.50. The van der Waals surface area contributed by atoms with Crippen LogP contribution < -0.4 is 5.32 Å². The first-order valence-corrected chi connectivity index (χ1v) is 7.64. The van der Waals surface area contributed by atoms with Crippen LogP contribution in [-0.2, 0) is 9.53 Å². The van der Waals surface area contributed by atoms with E-state index in [1.54, 1.807) is 11.8 Å². The van der Waals surface area contributed by atoms with E-state index in [0.29, 0.717) is 18.9 Å². The van der Waals surface area contributed by atoms with Gasteiger partial charge < -0.3 is 10.1 Å². The summed E-state index contributed by atoms with van der Waals surface area (Å²) in [5.74, 6) is 0.545. The molecule has 0 aromatic heterocycles. The lowest BCUT2D eigenvalue weighted by molar-refractivity contribution is -0.118. The van der Waals surface area contributed by atoms with Gasteiger partial charge in [0.2, 0.25) is 5.91 Å². The number of hydrogen-bond acceptors (Lipinski definition) is 3. The van der Waals surface area contributed by atoms with E-state index in [0.717, 1.165) is 11.3 Å². The Morgan fingerprint density at radius 2 is 2.00 bits per heavy atom. The third-order valence-electron chi connectivity index (χ3n) is 2.49. The number of carbonyl (C=O) groups excluding carboxylic acids is 1. The molecule has 3 nitrogen and oxygen atoms in total. The van der Waals surface area contributed by atoms with Crippen molar-refractivity contribution >= 4 is 17.7 Å². The summed E-state index contributed by atoms with van der Waals surface area (Å²) in [5, 5.41) is 2.90. The first kappa shape index (κ1) is 16.1. The lowest BCUT2D eigenvalue weighted by Crippen LogP contribution is -2.27. The quantitative estimate of drug-likeness (QED) is 0.588. The maximum Gasteiger partial charge on any atom is 0.230 e. The smallest absolute Gasteiger partial charge is 0.230 e. The molecule has 0 unspecified atom stereocenters. The van der Waals surface area contributed by atoms with Gasteiger partial charge in [-0.25, -0.2) is 0 Å². The Labute approximate surface area is 120 Å². The largest absolute Gasteiger partial charge is 0.379 e. The van der Waals surface area contributed by atoms with E-state index < -0.39 is 0 Å². The number of nitrogens with one attached hydrogen (secondary N) is 1. The second kappa shape index (κ2) is 8.99. The van der Waals surface area contributed by atoms with Gasteiger partial charge in [0, 0.05) is 18.0 Å². The van der Waals surface area contributed by atoms with E-state index >= 15 is 0 Å². The summed E-state index contributed by atoms with van der Waals surface area (Å²) in [7, 11) is 0. The molecule has 0 spiro atoms. The van der Waals surface area contributed by atoms with Crippen molar-refractivity contribution in [2.45, 2.75) is 38.2 Å². The average molecular weight is 281 g/mol. The molecule has 1 amide bonds. The fourth-order valence-corrected chi connectivity index (χ4v) is 2.18. The molecular formula is C15H23NO2S. The minimum atomic E-state index is 0.0788. The van der Waals surface area contributed by atoms with E-state index in [1.165, 1.54) is 5.56 Å². The molecule has 0 atom stereocenters. The highest BCUT2D eigenvalue weighted by Crippen LogP contribution is 2.17. The monoisotopic (exact) mass is 281 g/mol. The molecule has 19 heavy (non-hydrogen) atoms. The van der Waals surface area contributed by atoms with Gasteiger partial charge in [0.05, 0.1) is 11.9 Å². The molecule has 4 heteroatoms. The second-order valence-corrected chi connectivity index (χ2v) is 5.77. The Morgan fingerprint density at radius 3 is 2.63 bits per heavy atom. The summed E-state index contributed by atoms with van der Waals surface area (Å²) < 4.78 is 5.41. The summed E-state index contributed by atoms with van der Waals surface area (Å²) >= 11 is 1.56. The zero-order valence-corrected chi connectivity index (χ0v) is 12.8. The lowest BCUT2D eigenvalue weighted by Gasteiger charge is -2.08. The predicted molar refractivity (Wildman–Crippen MR) is 80.6 cm³/mol. The van der Waals surface area contributed by atoms with Gasteiger partial charge in [-0.1, -0.05) is 17.7 Å². The maximum absolute atomic E-state index is 11.6. The number of ether oxygens (including phenoxy) is 1. The van der Waals surface area contributed by atoms with Crippen LogP contribution in [-0.4, -0.2) is 30.9 Å². The third kappa shape index (κ3) is 7.90. The van der Waals surface area contributed by atoms with Crippen LogP contribution in [0.25, 0.3) is 0 Å². The number of thioether (sulfide) groups is 1. The number of benzene rings is 1. The molecule has 106 valence electrons. The number of amides is 1. The number of hydrogen-bond donors (Lipinski definition) is 1. The normalized spacial score (nSPS) is 10.7. The van der Waals surface area contributed by atoms with Gasteiger partial charge in [-0.05, 0) is 39.3 Å². The molecule has 0 heterocycles. The fourth-order valence-electron chi connectivity index (χ4n) is 1.45. The Kier molecular flexibility index (Phi) is 7.60. The van der Waals surface area contributed by atoms with Gasteiger partial charge in [0.1, 0.15) is 0 Å². The molecule has 1 rings (SSSR count). The molecule has 1 aromatic carbocycles. The number of carbonyl (C=O) groups is 1. The second-order valence-electron chi connectivity index (χ2n) is 4.72. The topological polar surface area (TPSA) is 38.3 Å². The van der Waals surface area contributed by atoms with E-state index in [9.17, 15) is 4.79 Å². The number of rotatable bonds is 8. The molecule has 0 saturated heterocycles. The SMILES string of the molecule is Cc1ccc(SCC(=O)NCCCOC(C)C)cc1. The van der Waals surface area contributed by atoms with Crippen LogP contribution in [0.4, 0.5) is 0 Å². The van der Waals surface area contributed by atoms with Crippen molar-refractivity contribution in [1.29, 1.82) is 0 Å². The Hall–Kier alpha value is -1.00. The summed E-state index contributed by atoms with van der Waals surface area (Å²) in [6, 6.07) is 8.21. The Morgan fingerprint density at radius 1 is 1.32 bits per heavy atom. The van der Waals surface area contributed by atoms with Gasteiger partial charge in [-0.15, -0.1) is 11.8 Å². The highest BCUT2D eigenvalue weighted by molar-refractivity contribution is 8.00. The molecular weight excluding hydrogens is 258 g/mol. The van der Waals surface area contributed by atoms with E-state index in [-0.39, 0.29) is 12.0 Å². The predicted octanol–water partition coefficient (Wildman–Crippen LogP) is 3.02. The standard InChI is InChI=1S/C15H23NO2S/c1-12(2)18-10-4-9-16-15(17)11-19-14-7-5-13(3)6-8-14/h5-8,12H,4,9-11H2,1-3H3,(H,16,17). The summed E-state index contributed by atoms with van der Waals surface area (Å²) in [6.45, 7) is 7.46. The van der Waals surface area contributed by atoms with E-state index in [1.807, 2.05) is 26.0 Å². The van der Waals surface area contributed by atoms with Crippen molar-refractivity contribution in [3.63, 3.8) is 0 Å². The first-order valence-electron chi connectivity index (χ1n) is 6.65. The number of aryl methyl sites for hydroxylation is 1. The first-order chi connectivity index (χ1) is 9.08. The highest BCUT2D eigenvalue weighted by atomic mass is 32.2. The fraction of sp³-hybridized carbons (Fsp3) is 0.533. The van der Waals surface area contributed by atoms with Crippen molar-refractivity contribution in [3.8, 4) is 0 Å². The molecule has 1 aromatic rings. The van der Waals surface area contributed by atoms with Crippen molar-refractivity contribution in [1.82, 2.24) is 5.32 Å². The van der Waals surface area contributed by atoms with Crippen molar-refractivity contribution < 1.29 is 9.53 Å². The molecule has 0 radical (unpaired) electrons. The van der Waals surface area contributed by atoms with Crippen LogP contribution in [0.3, 0.4) is 0 Å². The molecule has 1 N–H and O–H groups in total. The zero-order chi connectivity index (χ0) is 14.1. The Balaban J connectivity index is 2.09. The summed E-state index contributed by atoms with van der Waals surface area (Å²) in [6.07, 6.45) is 1.12. The van der Waals surface area contributed by atoms with Crippen LogP contribution in [0.2, 0.25) is 0 Å². The molecule has 0 fully saturated rings. The van der Waals surface area contributed by atoms with Gasteiger partial charge >= 0.3 is 0 Å². The lowest BCUT2D eigenvalue weighted by atomic mass is 10.2. The van der Waals surface area contributed by atoms with E-state index in [2.05, 4.69) is 24.4 Å². The molecule has 0 aliphatic carbocycles. The van der Waals surface area contributed by atoms with Crippen LogP contribution in [0.5, 0.6) is 0 Å². The van der Waals surface area contributed by atoms with E-state index in [4.69, 9.17) is 4.74 Å².